The summed E-state index contributed by atoms with van der Waals surface area (Å²) in [6.07, 6.45) is 1.67. The third kappa shape index (κ3) is 2.89. The topological polar surface area (TPSA) is 61.8 Å². The van der Waals surface area contributed by atoms with E-state index in [2.05, 4.69) is 5.32 Å². The van der Waals surface area contributed by atoms with Crippen molar-refractivity contribution in [2.75, 3.05) is 12.0 Å². The van der Waals surface area contributed by atoms with E-state index in [-0.39, 0.29) is 11.7 Å². The number of hydrogen-bond donors (Lipinski definition) is 2. The lowest BCUT2D eigenvalue weighted by atomic mass is 10.1. The molecule has 1 heterocycles. The van der Waals surface area contributed by atoms with E-state index in [0.717, 1.165) is 0 Å². The van der Waals surface area contributed by atoms with Crippen LogP contribution in [0.4, 0.5) is 5.69 Å². The molecule has 3 rings (SSSR count). The van der Waals surface area contributed by atoms with E-state index in [9.17, 15) is 9.90 Å². The van der Waals surface area contributed by atoms with Gasteiger partial charge < -0.3 is 15.2 Å². The molecule has 2 aromatic rings. The molecule has 0 saturated carbocycles. The van der Waals surface area contributed by atoms with Gasteiger partial charge in [0, 0.05) is 0 Å². The molecule has 2 aromatic carbocycles. The van der Waals surface area contributed by atoms with Gasteiger partial charge >= 0.3 is 0 Å². The highest BCUT2D eigenvalue weighted by Gasteiger charge is 2.31. The fourth-order valence-electron chi connectivity index (χ4n) is 2.30. The van der Waals surface area contributed by atoms with E-state index in [1.807, 2.05) is 30.3 Å². The van der Waals surface area contributed by atoms with Crippen molar-refractivity contribution >= 4 is 35.0 Å². The zero-order valence-electron chi connectivity index (χ0n) is 12.3. The Morgan fingerprint density at radius 2 is 1.96 bits per heavy atom. The van der Waals surface area contributed by atoms with Crippen molar-refractivity contribution in [3.8, 4) is 11.5 Å². The van der Waals surface area contributed by atoms with E-state index in [0.29, 0.717) is 27.8 Å². The van der Waals surface area contributed by atoms with Gasteiger partial charge in [0.15, 0.2) is 16.6 Å². The van der Waals surface area contributed by atoms with Gasteiger partial charge in [0.05, 0.1) is 12.8 Å². The Kier molecular flexibility index (Phi) is 3.99. The van der Waals surface area contributed by atoms with Crippen LogP contribution in [0.2, 0.25) is 0 Å². The molecule has 0 aromatic heterocycles. The van der Waals surface area contributed by atoms with Crippen molar-refractivity contribution in [2.24, 2.45) is 0 Å². The molecule has 0 spiro atoms. The predicted molar refractivity (Wildman–Crippen MR) is 92.3 cm³/mol. The van der Waals surface area contributed by atoms with E-state index in [4.69, 9.17) is 17.0 Å². The number of benzene rings is 2. The van der Waals surface area contributed by atoms with Gasteiger partial charge in [-0.05, 0) is 48.1 Å². The van der Waals surface area contributed by atoms with Crippen LogP contribution in [0.3, 0.4) is 0 Å². The Labute approximate surface area is 138 Å². The van der Waals surface area contributed by atoms with Crippen molar-refractivity contribution in [1.82, 2.24) is 5.32 Å². The molecule has 1 fully saturated rings. The minimum absolute atomic E-state index is 0.0433. The second kappa shape index (κ2) is 6.10. The predicted octanol–water partition coefficient (Wildman–Crippen LogP) is 2.66. The number of aromatic hydroxyl groups is 1. The zero-order valence-corrected chi connectivity index (χ0v) is 13.1. The molecule has 5 nitrogen and oxygen atoms in total. The van der Waals surface area contributed by atoms with Crippen molar-refractivity contribution in [2.45, 2.75) is 0 Å². The van der Waals surface area contributed by atoms with E-state index < -0.39 is 0 Å². The minimum Gasteiger partial charge on any atom is -0.504 e. The number of hydrogen-bond acceptors (Lipinski definition) is 4. The molecule has 0 bridgehead atoms. The van der Waals surface area contributed by atoms with E-state index in [1.54, 1.807) is 18.2 Å². The SMILES string of the molecule is COc1cc(/C=C2/NC(=S)N(c3ccccc3)C2=O)ccc1O. The lowest BCUT2D eigenvalue weighted by molar-refractivity contribution is -0.113. The number of nitrogens with one attached hydrogen (secondary N) is 1. The lowest BCUT2D eigenvalue weighted by Crippen LogP contribution is -2.30. The second-order valence-corrected chi connectivity index (χ2v) is 5.28. The largest absolute Gasteiger partial charge is 0.504 e. The minimum atomic E-state index is -0.228. The summed E-state index contributed by atoms with van der Waals surface area (Å²) in [5, 5.41) is 12.9. The van der Waals surface area contributed by atoms with Crippen LogP contribution in [-0.4, -0.2) is 23.2 Å². The number of thiocarbonyl (C=S) groups is 1. The molecule has 0 radical (unpaired) electrons. The molecule has 116 valence electrons. The molecule has 6 heteroatoms. The van der Waals surface area contributed by atoms with Crippen LogP contribution in [0, 0.1) is 0 Å². The summed E-state index contributed by atoms with van der Waals surface area (Å²) in [5.41, 5.74) is 1.79. The molecular weight excluding hydrogens is 312 g/mol. The summed E-state index contributed by atoms with van der Waals surface area (Å²) in [6, 6.07) is 14.0. The highest BCUT2D eigenvalue weighted by atomic mass is 32.1. The number of para-hydroxylation sites is 1. The lowest BCUT2D eigenvalue weighted by Gasteiger charge is -2.13. The maximum atomic E-state index is 12.6. The van der Waals surface area contributed by atoms with Crippen molar-refractivity contribution in [3.05, 3.63) is 59.8 Å². The average Bonchev–Trinajstić information content (AvgIpc) is 2.84. The van der Waals surface area contributed by atoms with Crippen molar-refractivity contribution in [3.63, 3.8) is 0 Å². The van der Waals surface area contributed by atoms with Crippen LogP contribution in [-0.2, 0) is 4.79 Å². The number of nitrogens with zero attached hydrogens (tertiary/aromatic N) is 1. The van der Waals surface area contributed by atoms with Gasteiger partial charge in [-0.3, -0.25) is 9.69 Å². The maximum absolute atomic E-state index is 12.6. The first-order valence-electron chi connectivity index (χ1n) is 6.89. The summed E-state index contributed by atoms with van der Waals surface area (Å²) >= 11 is 5.25. The molecule has 1 amide bonds. The molecule has 0 aliphatic carbocycles. The van der Waals surface area contributed by atoms with Crippen LogP contribution in [0.5, 0.6) is 11.5 Å². The Bertz CT molecular complexity index is 803. The van der Waals surface area contributed by atoms with Crippen LogP contribution in [0.1, 0.15) is 5.56 Å². The number of carbonyl (C=O) groups is 1. The van der Waals surface area contributed by atoms with Crippen molar-refractivity contribution < 1.29 is 14.6 Å². The van der Waals surface area contributed by atoms with Gasteiger partial charge in [0.25, 0.3) is 5.91 Å². The van der Waals surface area contributed by atoms with Gasteiger partial charge in [-0.1, -0.05) is 24.3 Å². The molecule has 1 aliphatic rings. The molecular formula is C17H14N2O3S. The number of phenols is 1. The molecule has 1 saturated heterocycles. The van der Waals surface area contributed by atoms with Crippen LogP contribution >= 0.6 is 12.2 Å². The number of methoxy groups -OCH3 is 1. The molecule has 0 atom stereocenters. The van der Waals surface area contributed by atoms with Gasteiger partial charge in [-0.15, -0.1) is 0 Å². The average molecular weight is 326 g/mol. The number of amides is 1. The van der Waals surface area contributed by atoms with Gasteiger partial charge in [0.1, 0.15) is 5.70 Å². The number of anilines is 1. The molecule has 1 aliphatic heterocycles. The molecule has 2 N–H and O–H groups in total. The second-order valence-electron chi connectivity index (χ2n) is 4.90. The first-order chi connectivity index (χ1) is 11.1. The highest BCUT2D eigenvalue weighted by molar-refractivity contribution is 7.80. The Morgan fingerprint density at radius 1 is 1.22 bits per heavy atom. The van der Waals surface area contributed by atoms with E-state index in [1.165, 1.54) is 18.1 Å². The maximum Gasteiger partial charge on any atom is 0.281 e. The zero-order chi connectivity index (χ0) is 16.4. The smallest absolute Gasteiger partial charge is 0.281 e. The fraction of sp³-hybridized carbons (Fsp3) is 0.0588. The van der Waals surface area contributed by atoms with Crippen LogP contribution in [0.25, 0.3) is 6.08 Å². The van der Waals surface area contributed by atoms with Gasteiger partial charge in [-0.25, -0.2) is 0 Å². The van der Waals surface area contributed by atoms with Crippen molar-refractivity contribution in [1.29, 1.82) is 0 Å². The van der Waals surface area contributed by atoms with Crippen LogP contribution in [0.15, 0.2) is 54.2 Å². The Balaban J connectivity index is 1.93. The summed E-state index contributed by atoms with van der Waals surface area (Å²) in [7, 11) is 1.47. The van der Waals surface area contributed by atoms with Gasteiger partial charge in [-0.2, -0.15) is 0 Å². The first-order valence-corrected chi connectivity index (χ1v) is 7.30. The quantitative estimate of drug-likeness (QED) is 0.671. The fourth-order valence-corrected chi connectivity index (χ4v) is 2.60. The summed E-state index contributed by atoms with van der Waals surface area (Å²) in [4.78, 5) is 14.0. The molecule has 23 heavy (non-hydrogen) atoms. The Hall–Kier alpha value is -2.86. The highest BCUT2D eigenvalue weighted by Crippen LogP contribution is 2.28. The first kappa shape index (κ1) is 15.1. The monoisotopic (exact) mass is 326 g/mol. The summed E-state index contributed by atoms with van der Waals surface area (Å²) < 4.78 is 5.07. The molecule has 0 unspecified atom stereocenters. The standard InChI is InChI=1S/C17H14N2O3S/c1-22-15-10-11(7-8-14(15)20)9-13-16(21)19(17(23)18-13)12-5-3-2-4-6-12/h2-10,20H,1H3,(H,18,23)/b13-9+. The normalized spacial score (nSPS) is 15.9. The Morgan fingerprint density at radius 3 is 2.65 bits per heavy atom. The van der Waals surface area contributed by atoms with Crippen LogP contribution < -0.4 is 15.0 Å². The number of carbonyl (C=O) groups excluding carboxylic acids is 1. The summed E-state index contributed by atoms with van der Waals surface area (Å²) in [6.45, 7) is 0. The van der Waals surface area contributed by atoms with Gasteiger partial charge in [0.2, 0.25) is 0 Å². The summed E-state index contributed by atoms with van der Waals surface area (Å²) in [5.74, 6) is 0.155. The number of ether oxygens (including phenoxy) is 1. The van der Waals surface area contributed by atoms with E-state index >= 15 is 0 Å². The third-order valence-corrected chi connectivity index (χ3v) is 3.69. The number of phenolic OH excluding ortho intramolecular Hbond substituents is 1. The third-order valence-electron chi connectivity index (χ3n) is 3.41. The number of rotatable bonds is 3.